The van der Waals surface area contributed by atoms with Gasteiger partial charge in [-0.15, -0.1) is 0 Å². The molecule has 0 saturated carbocycles. The van der Waals surface area contributed by atoms with Gasteiger partial charge in [-0.05, 0) is 0 Å². The summed E-state index contributed by atoms with van der Waals surface area (Å²) in [5.41, 5.74) is 0.766. The van der Waals surface area contributed by atoms with Gasteiger partial charge in [-0.1, -0.05) is 24.3 Å². The van der Waals surface area contributed by atoms with Crippen LogP contribution in [0.25, 0.3) is 0 Å². The van der Waals surface area contributed by atoms with Crippen LogP contribution in [0.3, 0.4) is 0 Å². The number of hydrogen-bond donors (Lipinski definition) is 0. The van der Waals surface area contributed by atoms with Gasteiger partial charge in [0, 0.05) is 38.8 Å². The Bertz CT molecular complexity index is 532. The smallest absolute Gasteiger partial charge is 0.305 e. The molecule has 24 heavy (non-hydrogen) atoms. The number of benzene rings is 1. The quantitative estimate of drug-likeness (QED) is 0.572. The Hall–Kier alpha value is -2.90. The van der Waals surface area contributed by atoms with E-state index in [9.17, 15) is 19.2 Å². The number of ether oxygens (including phenoxy) is 4. The molecule has 130 valence electrons. The lowest BCUT2D eigenvalue weighted by Gasteiger charge is -2.19. The zero-order valence-corrected chi connectivity index (χ0v) is 13.7. The zero-order chi connectivity index (χ0) is 18.3. The minimum atomic E-state index is -1.20. The lowest BCUT2D eigenvalue weighted by Crippen LogP contribution is -2.16. The first-order valence-electron chi connectivity index (χ1n) is 6.97. The highest BCUT2D eigenvalue weighted by atomic mass is 16.7. The summed E-state index contributed by atoms with van der Waals surface area (Å²) in [6.45, 7) is 4.73. The molecule has 8 heteroatoms. The zero-order valence-electron chi connectivity index (χ0n) is 13.7. The van der Waals surface area contributed by atoms with Gasteiger partial charge in [0.25, 0.3) is 12.6 Å². The molecule has 0 aromatic heterocycles. The van der Waals surface area contributed by atoms with Crippen molar-refractivity contribution in [3.63, 3.8) is 0 Å². The molecule has 1 rings (SSSR count). The predicted molar refractivity (Wildman–Crippen MR) is 79.0 cm³/mol. The Balaban J connectivity index is 3.01. The van der Waals surface area contributed by atoms with Gasteiger partial charge in [-0.3, -0.25) is 19.2 Å². The molecule has 0 aliphatic rings. The first-order chi connectivity index (χ1) is 11.2. The number of hydrogen-bond acceptors (Lipinski definition) is 8. The van der Waals surface area contributed by atoms with Crippen molar-refractivity contribution in [3.8, 4) is 0 Å². The van der Waals surface area contributed by atoms with Crippen molar-refractivity contribution in [1.82, 2.24) is 0 Å². The van der Waals surface area contributed by atoms with Crippen LogP contribution >= 0.6 is 0 Å². The van der Waals surface area contributed by atoms with Crippen LogP contribution in [0, 0.1) is 0 Å². The number of rotatable bonds is 6. The highest BCUT2D eigenvalue weighted by Crippen LogP contribution is 2.24. The van der Waals surface area contributed by atoms with Crippen molar-refractivity contribution >= 4 is 23.9 Å². The molecule has 0 unspecified atom stereocenters. The van der Waals surface area contributed by atoms with E-state index < -0.39 is 36.5 Å². The van der Waals surface area contributed by atoms with Gasteiger partial charge in [-0.2, -0.15) is 0 Å². The molecule has 0 spiro atoms. The van der Waals surface area contributed by atoms with E-state index in [2.05, 4.69) is 0 Å². The Morgan fingerprint density at radius 2 is 0.792 bits per heavy atom. The van der Waals surface area contributed by atoms with E-state index in [4.69, 9.17) is 18.9 Å². The van der Waals surface area contributed by atoms with Crippen molar-refractivity contribution in [1.29, 1.82) is 0 Å². The second-order valence-electron chi connectivity index (χ2n) is 4.77. The molecule has 0 fully saturated rings. The average molecular weight is 338 g/mol. The lowest BCUT2D eigenvalue weighted by atomic mass is 10.1. The molecule has 0 aliphatic heterocycles. The van der Waals surface area contributed by atoms with Crippen LogP contribution in [0.5, 0.6) is 0 Å². The Labute approximate surface area is 138 Å². The standard InChI is InChI=1S/C16H18O8/c1-9(17)21-15(22-10(2)18)13-5-7-14(8-6-13)16(23-11(3)19)24-12(4)20/h5-8,15-16H,1-4H3. The third kappa shape index (κ3) is 6.47. The first kappa shape index (κ1) is 19.1. The van der Waals surface area contributed by atoms with Crippen LogP contribution in [-0.4, -0.2) is 23.9 Å². The summed E-state index contributed by atoms with van der Waals surface area (Å²) in [6.07, 6.45) is -2.40. The van der Waals surface area contributed by atoms with E-state index in [1.807, 2.05) is 0 Å². The van der Waals surface area contributed by atoms with Gasteiger partial charge in [0.1, 0.15) is 0 Å². The molecule has 0 heterocycles. The van der Waals surface area contributed by atoms with Gasteiger partial charge in [0.05, 0.1) is 0 Å². The number of carbonyl (C=O) groups is 4. The lowest BCUT2D eigenvalue weighted by molar-refractivity contribution is -0.189. The van der Waals surface area contributed by atoms with Gasteiger partial charge in [-0.25, -0.2) is 0 Å². The van der Waals surface area contributed by atoms with Crippen LogP contribution in [0.2, 0.25) is 0 Å². The molecule has 0 saturated heterocycles. The van der Waals surface area contributed by atoms with Crippen molar-refractivity contribution in [2.24, 2.45) is 0 Å². The van der Waals surface area contributed by atoms with E-state index in [1.165, 1.54) is 52.0 Å². The summed E-state index contributed by atoms with van der Waals surface area (Å²) in [7, 11) is 0. The largest absolute Gasteiger partial charge is 0.421 e. The third-order valence-corrected chi connectivity index (χ3v) is 2.57. The molecule has 8 nitrogen and oxygen atoms in total. The summed E-state index contributed by atoms with van der Waals surface area (Å²) in [5.74, 6) is -2.49. The van der Waals surface area contributed by atoms with E-state index in [-0.39, 0.29) is 0 Å². The van der Waals surface area contributed by atoms with Crippen molar-refractivity contribution in [2.75, 3.05) is 0 Å². The second-order valence-corrected chi connectivity index (χ2v) is 4.77. The predicted octanol–water partition coefficient (Wildman–Crippen LogP) is 1.94. The molecule has 0 N–H and O–H groups in total. The van der Waals surface area contributed by atoms with Crippen molar-refractivity contribution < 1.29 is 38.1 Å². The van der Waals surface area contributed by atoms with E-state index in [0.29, 0.717) is 11.1 Å². The van der Waals surface area contributed by atoms with Gasteiger partial charge < -0.3 is 18.9 Å². The summed E-state index contributed by atoms with van der Waals surface area (Å²) >= 11 is 0. The summed E-state index contributed by atoms with van der Waals surface area (Å²) < 4.78 is 19.7. The number of carbonyl (C=O) groups excluding carboxylic acids is 4. The molecule has 0 bridgehead atoms. The second kappa shape index (κ2) is 8.66. The minimum Gasteiger partial charge on any atom is -0.421 e. The van der Waals surface area contributed by atoms with Crippen molar-refractivity contribution in [3.05, 3.63) is 35.4 Å². The van der Waals surface area contributed by atoms with Crippen LogP contribution in [-0.2, 0) is 38.1 Å². The van der Waals surface area contributed by atoms with Gasteiger partial charge in [0.15, 0.2) is 0 Å². The average Bonchev–Trinajstić information content (AvgIpc) is 2.44. The maximum atomic E-state index is 11.1. The molecule has 0 atom stereocenters. The van der Waals surface area contributed by atoms with Crippen LogP contribution in [0.1, 0.15) is 51.4 Å². The van der Waals surface area contributed by atoms with Crippen LogP contribution in [0.4, 0.5) is 0 Å². The minimum absolute atomic E-state index is 0.383. The maximum Gasteiger partial charge on any atom is 0.305 e. The Kier molecular flexibility index (Phi) is 6.91. The molecule has 0 aliphatic carbocycles. The van der Waals surface area contributed by atoms with Gasteiger partial charge in [0.2, 0.25) is 0 Å². The highest BCUT2D eigenvalue weighted by Gasteiger charge is 2.21. The van der Waals surface area contributed by atoms with Gasteiger partial charge >= 0.3 is 23.9 Å². The summed E-state index contributed by atoms with van der Waals surface area (Å²) in [5, 5.41) is 0. The molecular formula is C16H18O8. The fraction of sp³-hybridized carbons (Fsp3) is 0.375. The van der Waals surface area contributed by atoms with Crippen molar-refractivity contribution in [2.45, 2.75) is 40.3 Å². The van der Waals surface area contributed by atoms with E-state index in [1.54, 1.807) is 0 Å². The summed E-state index contributed by atoms with van der Waals surface area (Å²) in [4.78, 5) is 44.4. The first-order valence-corrected chi connectivity index (χ1v) is 6.97. The van der Waals surface area contributed by atoms with E-state index in [0.717, 1.165) is 0 Å². The monoisotopic (exact) mass is 338 g/mol. The fourth-order valence-electron chi connectivity index (χ4n) is 1.73. The Morgan fingerprint density at radius 1 is 0.583 bits per heavy atom. The molecule has 0 radical (unpaired) electrons. The normalized spacial score (nSPS) is 10.2. The van der Waals surface area contributed by atoms with Crippen LogP contribution < -0.4 is 0 Å². The maximum absolute atomic E-state index is 11.1. The molecule has 1 aromatic carbocycles. The fourth-order valence-corrected chi connectivity index (χ4v) is 1.73. The molecular weight excluding hydrogens is 320 g/mol. The molecule has 0 amide bonds. The topological polar surface area (TPSA) is 105 Å². The third-order valence-electron chi connectivity index (χ3n) is 2.57. The van der Waals surface area contributed by atoms with Crippen LogP contribution in [0.15, 0.2) is 24.3 Å². The van der Waals surface area contributed by atoms with E-state index >= 15 is 0 Å². The Morgan fingerprint density at radius 3 is 0.958 bits per heavy atom. The number of esters is 4. The highest BCUT2D eigenvalue weighted by molar-refractivity contribution is 5.69. The molecule has 1 aromatic rings. The summed E-state index contributed by atoms with van der Waals surface area (Å²) in [6, 6.07) is 5.97. The SMILES string of the molecule is CC(=O)OC(OC(C)=O)c1ccc(C(OC(C)=O)OC(C)=O)cc1.